The molecule has 1 aromatic rings. The quantitative estimate of drug-likeness (QED) is 0.882. The number of likely N-dealkylation sites (tertiary alicyclic amines) is 2. The van der Waals surface area contributed by atoms with Gasteiger partial charge in [0, 0.05) is 25.2 Å². The Morgan fingerprint density at radius 1 is 1.21 bits per heavy atom. The normalized spacial score (nSPS) is 23.7. The van der Waals surface area contributed by atoms with E-state index in [1.807, 2.05) is 17.0 Å². The third-order valence-corrected chi connectivity index (χ3v) is 5.12. The number of hydrogen-bond acceptors (Lipinski definition) is 3. The lowest BCUT2D eigenvalue weighted by molar-refractivity contribution is 0.0776. The zero-order valence-corrected chi connectivity index (χ0v) is 16.0. The van der Waals surface area contributed by atoms with Crippen molar-refractivity contribution < 1.29 is 4.79 Å². The van der Waals surface area contributed by atoms with Gasteiger partial charge in [0.2, 0.25) is 0 Å². The molecule has 0 saturated carbocycles. The molecule has 0 bridgehead atoms. The predicted molar refractivity (Wildman–Crippen MR) is 103 cm³/mol. The Hall–Kier alpha value is -0.810. The largest absolute Gasteiger partial charge is 0.338 e. The highest BCUT2D eigenvalue weighted by Gasteiger charge is 2.35. The summed E-state index contributed by atoms with van der Waals surface area (Å²) in [6, 6.07) is 8.15. The Morgan fingerprint density at radius 2 is 1.92 bits per heavy atom. The number of hydrogen-bond donors (Lipinski definition) is 1. The van der Waals surface area contributed by atoms with E-state index in [9.17, 15) is 4.79 Å². The van der Waals surface area contributed by atoms with Crippen LogP contribution < -0.4 is 5.73 Å². The predicted octanol–water partition coefficient (Wildman–Crippen LogP) is 2.94. The van der Waals surface area contributed by atoms with Crippen LogP contribution in [0.3, 0.4) is 0 Å². The van der Waals surface area contributed by atoms with E-state index in [1.54, 1.807) is 0 Å². The van der Waals surface area contributed by atoms with E-state index >= 15 is 0 Å². The lowest BCUT2D eigenvalue weighted by atomic mass is 9.90. The summed E-state index contributed by atoms with van der Waals surface area (Å²) in [5.74, 6) is 0.153. The smallest absolute Gasteiger partial charge is 0.253 e. The maximum absolute atomic E-state index is 12.7. The Balaban J connectivity index is 0.00000144. The standard InChI is InChI=1S/C18H27N3O.2ClH/c1-18(13-19)7-10-21(14-18)17(22)16-6-4-5-15(11-16)12-20-8-2-3-9-20;;/h4-6,11H,2-3,7-10,12-14,19H2,1H3;2*1H. The molecular weight excluding hydrogens is 345 g/mol. The molecule has 6 heteroatoms. The summed E-state index contributed by atoms with van der Waals surface area (Å²) >= 11 is 0. The number of benzene rings is 1. The molecule has 0 radical (unpaired) electrons. The van der Waals surface area contributed by atoms with Gasteiger partial charge < -0.3 is 10.6 Å². The van der Waals surface area contributed by atoms with Gasteiger partial charge in [0.1, 0.15) is 0 Å². The fraction of sp³-hybridized carbons (Fsp3) is 0.611. The second-order valence-corrected chi connectivity index (χ2v) is 7.18. The Kier molecular flexibility index (Phi) is 8.00. The molecule has 0 spiro atoms. The van der Waals surface area contributed by atoms with Crippen molar-refractivity contribution in [3.63, 3.8) is 0 Å². The topological polar surface area (TPSA) is 49.6 Å². The molecule has 0 aliphatic carbocycles. The molecule has 136 valence electrons. The first kappa shape index (κ1) is 21.2. The molecule has 1 aromatic carbocycles. The van der Waals surface area contributed by atoms with E-state index in [4.69, 9.17) is 5.73 Å². The maximum Gasteiger partial charge on any atom is 0.253 e. The number of carbonyl (C=O) groups excluding carboxylic acids is 1. The summed E-state index contributed by atoms with van der Waals surface area (Å²) in [4.78, 5) is 17.1. The lowest BCUT2D eigenvalue weighted by Gasteiger charge is -2.23. The van der Waals surface area contributed by atoms with Crippen molar-refractivity contribution in [2.45, 2.75) is 32.7 Å². The molecule has 0 aromatic heterocycles. The fourth-order valence-corrected chi connectivity index (χ4v) is 3.55. The third kappa shape index (κ3) is 4.85. The van der Waals surface area contributed by atoms with Gasteiger partial charge in [0.05, 0.1) is 0 Å². The van der Waals surface area contributed by atoms with E-state index in [2.05, 4.69) is 24.0 Å². The highest BCUT2D eigenvalue weighted by molar-refractivity contribution is 5.94. The van der Waals surface area contributed by atoms with Gasteiger partial charge in [-0.15, -0.1) is 24.8 Å². The summed E-state index contributed by atoms with van der Waals surface area (Å²) in [7, 11) is 0. The molecule has 2 fully saturated rings. The second kappa shape index (κ2) is 9.04. The minimum atomic E-state index is 0. The Bertz CT molecular complexity index is 549. The number of nitrogens with zero attached hydrogens (tertiary/aromatic N) is 2. The number of amides is 1. The van der Waals surface area contributed by atoms with Crippen LogP contribution in [0.2, 0.25) is 0 Å². The molecule has 2 heterocycles. The van der Waals surface area contributed by atoms with Crippen molar-refractivity contribution in [1.29, 1.82) is 0 Å². The van der Waals surface area contributed by atoms with Crippen LogP contribution >= 0.6 is 24.8 Å². The number of rotatable bonds is 4. The summed E-state index contributed by atoms with van der Waals surface area (Å²) < 4.78 is 0. The second-order valence-electron chi connectivity index (χ2n) is 7.18. The van der Waals surface area contributed by atoms with Crippen molar-refractivity contribution in [1.82, 2.24) is 9.80 Å². The first-order valence-electron chi connectivity index (χ1n) is 8.40. The number of halogens is 2. The minimum Gasteiger partial charge on any atom is -0.338 e. The van der Waals surface area contributed by atoms with Gasteiger partial charge >= 0.3 is 0 Å². The third-order valence-electron chi connectivity index (χ3n) is 5.12. The monoisotopic (exact) mass is 373 g/mol. The molecule has 2 aliphatic heterocycles. The average molecular weight is 374 g/mol. The van der Waals surface area contributed by atoms with Crippen LogP contribution in [0.15, 0.2) is 24.3 Å². The van der Waals surface area contributed by atoms with Crippen LogP contribution in [0.5, 0.6) is 0 Å². The van der Waals surface area contributed by atoms with E-state index < -0.39 is 0 Å². The lowest BCUT2D eigenvalue weighted by Crippen LogP contribution is -2.34. The SMILES string of the molecule is CC1(CN)CCN(C(=O)c2cccc(CN3CCCC3)c2)C1.Cl.Cl. The summed E-state index contributed by atoms with van der Waals surface area (Å²) in [5, 5.41) is 0. The maximum atomic E-state index is 12.7. The highest BCUT2D eigenvalue weighted by atomic mass is 35.5. The van der Waals surface area contributed by atoms with Gasteiger partial charge in [-0.25, -0.2) is 0 Å². The molecule has 1 atom stereocenters. The van der Waals surface area contributed by atoms with Gasteiger partial charge in [0.15, 0.2) is 0 Å². The number of nitrogens with two attached hydrogens (primary N) is 1. The molecule has 4 nitrogen and oxygen atoms in total. The van der Waals surface area contributed by atoms with Crippen molar-refractivity contribution in [2.75, 3.05) is 32.7 Å². The van der Waals surface area contributed by atoms with E-state index in [0.29, 0.717) is 6.54 Å². The van der Waals surface area contributed by atoms with Crippen molar-refractivity contribution in [3.05, 3.63) is 35.4 Å². The van der Waals surface area contributed by atoms with Gasteiger partial charge in [-0.05, 0) is 62.0 Å². The zero-order valence-electron chi connectivity index (χ0n) is 14.4. The highest BCUT2D eigenvalue weighted by Crippen LogP contribution is 2.29. The first-order chi connectivity index (χ1) is 10.6. The van der Waals surface area contributed by atoms with Crippen molar-refractivity contribution >= 4 is 30.7 Å². The van der Waals surface area contributed by atoms with Crippen LogP contribution in [-0.2, 0) is 6.54 Å². The molecule has 2 saturated heterocycles. The Labute approximate surface area is 157 Å². The van der Waals surface area contributed by atoms with Crippen molar-refractivity contribution in [2.24, 2.45) is 11.1 Å². The molecule has 1 amide bonds. The van der Waals surface area contributed by atoms with Crippen LogP contribution in [0, 0.1) is 5.41 Å². The number of carbonyl (C=O) groups is 1. The van der Waals surface area contributed by atoms with E-state index in [0.717, 1.165) is 31.6 Å². The van der Waals surface area contributed by atoms with Gasteiger partial charge in [-0.1, -0.05) is 19.1 Å². The van der Waals surface area contributed by atoms with Gasteiger partial charge in [-0.3, -0.25) is 9.69 Å². The summed E-state index contributed by atoms with van der Waals surface area (Å²) in [6.45, 7) is 7.73. The van der Waals surface area contributed by atoms with Crippen LogP contribution in [0.25, 0.3) is 0 Å². The van der Waals surface area contributed by atoms with Crippen LogP contribution in [0.4, 0.5) is 0 Å². The molecule has 24 heavy (non-hydrogen) atoms. The van der Waals surface area contributed by atoms with E-state index in [1.165, 1.54) is 31.5 Å². The molecular formula is C18H29Cl2N3O. The van der Waals surface area contributed by atoms with Crippen LogP contribution in [0.1, 0.15) is 42.1 Å². The fourth-order valence-electron chi connectivity index (χ4n) is 3.55. The summed E-state index contributed by atoms with van der Waals surface area (Å²) in [5.41, 5.74) is 7.99. The minimum absolute atomic E-state index is 0. The van der Waals surface area contributed by atoms with Gasteiger partial charge in [0.25, 0.3) is 5.91 Å². The Morgan fingerprint density at radius 3 is 2.54 bits per heavy atom. The molecule has 1 unspecified atom stereocenters. The van der Waals surface area contributed by atoms with Crippen LogP contribution in [-0.4, -0.2) is 48.4 Å². The molecule has 3 rings (SSSR count). The first-order valence-corrected chi connectivity index (χ1v) is 8.40. The van der Waals surface area contributed by atoms with E-state index in [-0.39, 0.29) is 36.1 Å². The summed E-state index contributed by atoms with van der Waals surface area (Å²) in [6.07, 6.45) is 3.59. The molecule has 2 N–H and O–H groups in total. The molecule has 2 aliphatic rings. The van der Waals surface area contributed by atoms with Crippen molar-refractivity contribution in [3.8, 4) is 0 Å². The van der Waals surface area contributed by atoms with Gasteiger partial charge in [-0.2, -0.15) is 0 Å². The average Bonchev–Trinajstić information content (AvgIpc) is 3.17. The zero-order chi connectivity index (χ0) is 15.6.